The van der Waals surface area contributed by atoms with Crippen LogP contribution in [0.5, 0.6) is 0 Å². The van der Waals surface area contributed by atoms with E-state index >= 15 is 0 Å². The molecule has 7 heavy (non-hydrogen) atoms. The minimum Gasteiger partial charge on any atom is -0.372 e. The topological polar surface area (TPSA) is 56.8 Å². The first-order valence-corrected chi connectivity index (χ1v) is 2.17. The van der Waals surface area contributed by atoms with Crippen molar-refractivity contribution in [2.24, 2.45) is 0 Å². The molecule has 1 aliphatic rings. The number of nitrogens with one attached hydrogen (secondary N) is 2. The van der Waals surface area contributed by atoms with Crippen molar-refractivity contribution in [2.75, 3.05) is 13.2 Å². The van der Waals surface area contributed by atoms with E-state index < -0.39 is 0 Å². The number of hydrazine groups is 1. The smallest absolute Gasteiger partial charge is 0.0948 e. The third-order valence-corrected chi connectivity index (χ3v) is 0.811. The molecule has 1 heterocycles. The van der Waals surface area contributed by atoms with Crippen molar-refractivity contribution in [1.82, 2.24) is 11.0 Å². The van der Waals surface area contributed by atoms with Gasteiger partial charge in [0.25, 0.3) is 0 Å². The minimum absolute atomic E-state index is 0.319. The Balaban J connectivity index is 1.80. The lowest BCUT2D eigenvalue weighted by Gasteiger charge is -1.93. The minimum atomic E-state index is 0.319. The molecule has 0 aromatic rings. The zero-order valence-corrected chi connectivity index (χ0v) is 3.85. The van der Waals surface area contributed by atoms with E-state index in [2.05, 4.69) is 5.43 Å². The zero-order chi connectivity index (χ0) is 5.11. The van der Waals surface area contributed by atoms with Crippen LogP contribution >= 0.6 is 0 Å². The van der Waals surface area contributed by atoms with Gasteiger partial charge in [0.1, 0.15) is 0 Å². The lowest BCUT2D eigenvalue weighted by molar-refractivity contribution is 0.117. The largest absolute Gasteiger partial charge is 0.372 e. The van der Waals surface area contributed by atoms with Gasteiger partial charge in [-0.15, -0.1) is 5.59 Å². The highest BCUT2D eigenvalue weighted by atomic mass is 16.6. The van der Waals surface area contributed by atoms with Crippen molar-refractivity contribution in [2.45, 2.75) is 6.10 Å². The summed E-state index contributed by atoms with van der Waals surface area (Å²) in [5, 5.41) is 7.93. The first-order valence-electron chi connectivity index (χ1n) is 2.17. The van der Waals surface area contributed by atoms with E-state index in [-0.39, 0.29) is 0 Å². The van der Waals surface area contributed by atoms with E-state index in [1.165, 1.54) is 0 Å². The summed E-state index contributed by atoms with van der Waals surface area (Å²) in [6.07, 6.45) is 0.319. The summed E-state index contributed by atoms with van der Waals surface area (Å²) in [7, 11) is 0. The Morgan fingerprint density at radius 1 is 1.86 bits per heavy atom. The molecule has 0 aliphatic carbocycles. The van der Waals surface area contributed by atoms with Gasteiger partial charge in [0, 0.05) is 6.54 Å². The van der Waals surface area contributed by atoms with Crippen molar-refractivity contribution in [3.05, 3.63) is 0 Å². The average molecular weight is 104 g/mol. The first kappa shape index (κ1) is 4.99. The van der Waals surface area contributed by atoms with Crippen LogP contribution in [0.1, 0.15) is 0 Å². The van der Waals surface area contributed by atoms with E-state index in [0.29, 0.717) is 12.6 Å². The standard InChI is InChI=1S/C3H8N2O2/c6-5-4-1-3-2-7-3/h3-6H,1-2H2. The fourth-order valence-corrected chi connectivity index (χ4v) is 0.345. The highest BCUT2D eigenvalue weighted by molar-refractivity contribution is 4.69. The van der Waals surface area contributed by atoms with E-state index in [1.54, 1.807) is 0 Å². The number of rotatable bonds is 3. The van der Waals surface area contributed by atoms with Gasteiger partial charge < -0.3 is 9.94 Å². The van der Waals surface area contributed by atoms with Crippen LogP contribution in [-0.2, 0) is 4.74 Å². The fraction of sp³-hybridized carbons (Fsp3) is 1.00. The van der Waals surface area contributed by atoms with Crippen LogP contribution in [-0.4, -0.2) is 24.5 Å². The Morgan fingerprint density at radius 2 is 2.57 bits per heavy atom. The highest BCUT2D eigenvalue weighted by Gasteiger charge is 2.20. The van der Waals surface area contributed by atoms with Crippen molar-refractivity contribution < 1.29 is 9.94 Å². The van der Waals surface area contributed by atoms with Gasteiger partial charge in [-0.25, -0.2) is 5.43 Å². The summed E-state index contributed by atoms with van der Waals surface area (Å²) >= 11 is 0. The molecule has 0 spiro atoms. The molecule has 1 aliphatic heterocycles. The molecule has 4 nitrogen and oxygen atoms in total. The van der Waals surface area contributed by atoms with Gasteiger partial charge >= 0.3 is 0 Å². The van der Waals surface area contributed by atoms with Crippen molar-refractivity contribution in [3.8, 4) is 0 Å². The van der Waals surface area contributed by atoms with Gasteiger partial charge in [0.05, 0.1) is 12.7 Å². The summed E-state index contributed by atoms with van der Waals surface area (Å²) in [5.74, 6) is 0. The second-order valence-corrected chi connectivity index (χ2v) is 1.45. The Kier molecular flexibility index (Phi) is 1.59. The normalized spacial score (nSPS) is 27.9. The lowest BCUT2D eigenvalue weighted by atomic mass is 10.5. The number of ether oxygens (including phenoxy) is 1. The number of hydrogen-bond acceptors (Lipinski definition) is 4. The second kappa shape index (κ2) is 2.23. The molecule has 0 radical (unpaired) electrons. The molecule has 1 rings (SSSR count). The molecule has 0 amide bonds. The zero-order valence-electron chi connectivity index (χ0n) is 3.85. The Labute approximate surface area is 41.4 Å². The van der Waals surface area contributed by atoms with Crippen LogP contribution in [0, 0.1) is 0 Å². The molecule has 1 unspecified atom stereocenters. The van der Waals surface area contributed by atoms with E-state index in [4.69, 9.17) is 9.94 Å². The van der Waals surface area contributed by atoms with Crippen molar-refractivity contribution in [1.29, 1.82) is 0 Å². The highest BCUT2D eigenvalue weighted by Crippen LogP contribution is 2.04. The van der Waals surface area contributed by atoms with Crippen molar-refractivity contribution >= 4 is 0 Å². The Bertz CT molecular complexity index is 54.9. The molecule has 1 atom stereocenters. The van der Waals surface area contributed by atoms with Crippen LogP contribution in [0.4, 0.5) is 0 Å². The number of epoxide rings is 1. The summed E-state index contributed by atoms with van der Waals surface area (Å²) in [4.78, 5) is 0. The monoisotopic (exact) mass is 104 g/mol. The van der Waals surface area contributed by atoms with E-state index in [0.717, 1.165) is 6.61 Å². The molecule has 0 aromatic carbocycles. The molecule has 42 valence electrons. The van der Waals surface area contributed by atoms with Gasteiger partial charge in [-0.05, 0) is 0 Å². The SMILES string of the molecule is ONNCC1CO1. The Hall–Kier alpha value is -0.160. The third-order valence-electron chi connectivity index (χ3n) is 0.811. The van der Waals surface area contributed by atoms with Gasteiger partial charge in [0.15, 0.2) is 0 Å². The van der Waals surface area contributed by atoms with Crippen LogP contribution in [0.2, 0.25) is 0 Å². The van der Waals surface area contributed by atoms with E-state index in [1.807, 2.05) is 5.59 Å². The van der Waals surface area contributed by atoms with Crippen LogP contribution in [0.15, 0.2) is 0 Å². The Morgan fingerprint density at radius 3 is 3.00 bits per heavy atom. The maximum Gasteiger partial charge on any atom is 0.0948 e. The summed E-state index contributed by atoms with van der Waals surface area (Å²) in [6, 6.07) is 0. The maximum absolute atomic E-state index is 7.93. The summed E-state index contributed by atoms with van der Waals surface area (Å²) < 4.78 is 4.80. The van der Waals surface area contributed by atoms with Gasteiger partial charge in [-0.1, -0.05) is 0 Å². The molecule has 0 bridgehead atoms. The molecular formula is C3H8N2O2. The molecule has 0 aromatic heterocycles. The van der Waals surface area contributed by atoms with Crippen LogP contribution in [0.3, 0.4) is 0 Å². The van der Waals surface area contributed by atoms with E-state index in [9.17, 15) is 0 Å². The third kappa shape index (κ3) is 1.84. The summed E-state index contributed by atoms with van der Waals surface area (Å²) in [5.41, 5.74) is 4.30. The quantitative estimate of drug-likeness (QED) is 0.313. The average Bonchev–Trinajstić information content (AvgIpc) is 2.42. The molecule has 3 N–H and O–H groups in total. The molecular weight excluding hydrogens is 96.0 g/mol. The van der Waals surface area contributed by atoms with Gasteiger partial charge in [-0.2, -0.15) is 0 Å². The summed E-state index contributed by atoms with van der Waals surface area (Å²) in [6.45, 7) is 1.49. The molecule has 1 fully saturated rings. The fourth-order valence-electron chi connectivity index (χ4n) is 0.345. The van der Waals surface area contributed by atoms with Crippen molar-refractivity contribution in [3.63, 3.8) is 0 Å². The molecule has 0 saturated carbocycles. The van der Waals surface area contributed by atoms with Crippen LogP contribution in [0.25, 0.3) is 0 Å². The van der Waals surface area contributed by atoms with Gasteiger partial charge in [-0.3, -0.25) is 0 Å². The molecule has 1 saturated heterocycles. The first-order chi connectivity index (χ1) is 3.43. The second-order valence-electron chi connectivity index (χ2n) is 1.45. The maximum atomic E-state index is 7.93. The lowest BCUT2D eigenvalue weighted by Crippen LogP contribution is -2.31. The predicted molar refractivity (Wildman–Crippen MR) is 22.7 cm³/mol. The number of hydrogen-bond donors (Lipinski definition) is 3. The molecule has 4 heteroatoms. The predicted octanol–water partition coefficient (Wildman–Crippen LogP) is -1.13. The van der Waals surface area contributed by atoms with Gasteiger partial charge in [0.2, 0.25) is 0 Å². The van der Waals surface area contributed by atoms with Crippen LogP contribution < -0.4 is 11.0 Å².